The van der Waals surface area contributed by atoms with Crippen LogP contribution in [-0.4, -0.2) is 21.5 Å². The van der Waals surface area contributed by atoms with E-state index in [0.29, 0.717) is 6.42 Å². The molecule has 0 unspecified atom stereocenters. The van der Waals surface area contributed by atoms with Gasteiger partial charge in [-0.2, -0.15) is 5.10 Å². The van der Waals surface area contributed by atoms with Crippen molar-refractivity contribution in [2.75, 3.05) is 6.61 Å². The molecule has 3 heteroatoms. The standard InChI is InChI=1S/C9H16N2O/c1-3-8-7-9(5-6-12)11(4-2)10-8/h7,12H,3-6H2,1-2H3. The Kier molecular flexibility index (Phi) is 3.29. The topological polar surface area (TPSA) is 38.0 Å². The summed E-state index contributed by atoms with van der Waals surface area (Å²) in [5.74, 6) is 0. The summed E-state index contributed by atoms with van der Waals surface area (Å²) in [5, 5.41) is 13.2. The number of aromatic nitrogens is 2. The predicted molar refractivity (Wildman–Crippen MR) is 48.1 cm³/mol. The Hall–Kier alpha value is -0.830. The second-order valence-electron chi connectivity index (χ2n) is 2.77. The summed E-state index contributed by atoms with van der Waals surface area (Å²) in [6.45, 7) is 5.24. The van der Waals surface area contributed by atoms with Crippen LogP contribution in [0.15, 0.2) is 6.07 Å². The van der Waals surface area contributed by atoms with Crippen molar-refractivity contribution in [1.82, 2.24) is 9.78 Å². The zero-order valence-corrected chi connectivity index (χ0v) is 7.75. The fraction of sp³-hybridized carbons (Fsp3) is 0.667. The Morgan fingerprint density at radius 3 is 2.75 bits per heavy atom. The van der Waals surface area contributed by atoms with Gasteiger partial charge in [0.05, 0.1) is 5.69 Å². The maximum absolute atomic E-state index is 8.78. The molecule has 0 aliphatic rings. The smallest absolute Gasteiger partial charge is 0.0624 e. The molecule has 0 amide bonds. The summed E-state index contributed by atoms with van der Waals surface area (Å²) in [6, 6.07) is 2.07. The average molecular weight is 168 g/mol. The maximum Gasteiger partial charge on any atom is 0.0624 e. The van der Waals surface area contributed by atoms with E-state index in [0.717, 1.165) is 24.4 Å². The highest BCUT2D eigenvalue weighted by Gasteiger charge is 2.03. The molecule has 68 valence electrons. The molecule has 12 heavy (non-hydrogen) atoms. The van der Waals surface area contributed by atoms with Gasteiger partial charge in [0.15, 0.2) is 0 Å². The molecule has 0 aliphatic heterocycles. The van der Waals surface area contributed by atoms with Gasteiger partial charge in [0.1, 0.15) is 0 Å². The largest absolute Gasteiger partial charge is 0.396 e. The zero-order chi connectivity index (χ0) is 8.97. The minimum Gasteiger partial charge on any atom is -0.396 e. The first-order chi connectivity index (χ1) is 5.81. The third kappa shape index (κ3) is 1.85. The lowest BCUT2D eigenvalue weighted by molar-refractivity contribution is 0.295. The van der Waals surface area contributed by atoms with Gasteiger partial charge in [0, 0.05) is 25.3 Å². The van der Waals surface area contributed by atoms with Crippen molar-refractivity contribution in [2.24, 2.45) is 0 Å². The van der Waals surface area contributed by atoms with Gasteiger partial charge in [-0.1, -0.05) is 6.92 Å². The highest BCUT2D eigenvalue weighted by atomic mass is 16.3. The number of rotatable bonds is 4. The van der Waals surface area contributed by atoms with Crippen LogP contribution in [0.2, 0.25) is 0 Å². The van der Waals surface area contributed by atoms with Gasteiger partial charge in [0.25, 0.3) is 0 Å². The van der Waals surface area contributed by atoms with E-state index in [4.69, 9.17) is 5.11 Å². The summed E-state index contributed by atoms with van der Waals surface area (Å²) in [7, 11) is 0. The van der Waals surface area contributed by atoms with Gasteiger partial charge in [-0.25, -0.2) is 0 Å². The van der Waals surface area contributed by atoms with Gasteiger partial charge in [0.2, 0.25) is 0 Å². The Morgan fingerprint density at radius 2 is 2.25 bits per heavy atom. The second kappa shape index (κ2) is 4.26. The van der Waals surface area contributed by atoms with Crippen LogP contribution >= 0.6 is 0 Å². The lowest BCUT2D eigenvalue weighted by Crippen LogP contribution is -2.04. The van der Waals surface area contributed by atoms with Crippen LogP contribution < -0.4 is 0 Å². The fourth-order valence-corrected chi connectivity index (χ4v) is 1.28. The predicted octanol–water partition coefficient (Wildman–Crippen LogP) is 1.00. The molecule has 0 aromatic carbocycles. The lowest BCUT2D eigenvalue weighted by atomic mass is 10.2. The van der Waals surface area contributed by atoms with Crippen LogP contribution in [0.4, 0.5) is 0 Å². The van der Waals surface area contributed by atoms with Crippen LogP contribution in [0.25, 0.3) is 0 Å². The Bertz CT molecular complexity index is 243. The van der Waals surface area contributed by atoms with Crippen LogP contribution in [-0.2, 0) is 19.4 Å². The van der Waals surface area contributed by atoms with E-state index in [1.54, 1.807) is 0 Å². The zero-order valence-electron chi connectivity index (χ0n) is 7.75. The number of aliphatic hydroxyl groups is 1. The van der Waals surface area contributed by atoms with Gasteiger partial charge in [-0.15, -0.1) is 0 Å². The molecular formula is C9H16N2O. The molecule has 0 spiro atoms. The molecule has 1 aromatic rings. The number of hydrogen-bond acceptors (Lipinski definition) is 2. The van der Waals surface area contributed by atoms with Crippen molar-refractivity contribution in [3.8, 4) is 0 Å². The van der Waals surface area contributed by atoms with Crippen molar-refractivity contribution < 1.29 is 5.11 Å². The summed E-state index contributed by atoms with van der Waals surface area (Å²) >= 11 is 0. The van der Waals surface area contributed by atoms with E-state index in [2.05, 4.69) is 25.0 Å². The SMILES string of the molecule is CCc1cc(CCO)n(CC)n1. The molecule has 1 aromatic heterocycles. The van der Waals surface area contributed by atoms with Gasteiger partial charge in [-0.3, -0.25) is 4.68 Å². The summed E-state index contributed by atoms with van der Waals surface area (Å²) in [4.78, 5) is 0. The Balaban J connectivity index is 2.84. The number of nitrogens with zero attached hydrogens (tertiary/aromatic N) is 2. The lowest BCUT2D eigenvalue weighted by Gasteiger charge is -2.00. The highest BCUT2D eigenvalue weighted by Crippen LogP contribution is 2.05. The summed E-state index contributed by atoms with van der Waals surface area (Å²) in [5.41, 5.74) is 2.25. The summed E-state index contributed by atoms with van der Waals surface area (Å²) < 4.78 is 1.95. The molecular weight excluding hydrogens is 152 g/mol. The van der Waals surface area contributed by atoms with Gasteiger partial charge >= 0.3 is 0 Å². The second-order valence-corrected chi connectivity index (χ2v) is 2.77. The van der Waals surface area contributed by atoms with Crippen molar-refractivity contribution >= 4 is 0 Å². The molecule has 0 saturated heterocycles. The van der Waals surface area contributed by atoms with E-state index < -0.39 is 0 Å². The first-order valence-corrected chi connectivity index (χ1v) is 4.48. The summed E-state index contributed by atoms with van der Waals surface area (Å²) in [6.07, 6.45) is 1.67. The quantitative estimate of drug-likeness (QED) is 0.728. The average Bonchev–Trinajstić information content (AvgIpc) is 2.48. The number of aliphatic hydroxyl groups excluding tert-OH is 1. The third-order valence-electron chi connectivity index (χ3n) is 1.94. The minimum atomic E-state index is 0.203. The molecule has 0 fully saturated rings. The van der Waals surface area contributed by atoms with Crippen molar-refractivity contribution in [3.63, 3.8) is 0 Å². The molecule has 1 N–H and O–H groups in total. The highest BCUT2D eigenvalue weighted by molar-refractivity contribution is 5.10. The van der Waals surface area contributed by atoms with Crippen LogP contribution in [0.5, 0.6) is 0 Å². The van der Waals surface area contributed by atoms with E-state index in [-0.39, 0.29) is 6.61 Å². The van der Waals surface area contributed by atoms with E-state index >= 15 is 0 Å². The molecule has 0 atom stereocenters. The molecule has 0 saturated carbocycles. The minimum absolute atomic E-state index is 0.203. The molecule has 0 radical (unpaired) electrons. The Labute approximate surface area is 73.0 Å². The molecule has 3 nitrogen and oxygen atoms in total. The molecule has 0 aliphatic carbocycles. The van der Waals surface area contributed by atoms with Crippen molar-refractivity contribution in [3.05, 3.63) is 17.5 Å². The number of hydrogen-bond donors (Lipinski definition) is 1. The molecule has 0 bridgehead atoms. The first kappa shape index (κ1) is 9.26. The van der Waals surface area contributed by atoms with E-state index in [9.17, 15) is 0 Å². The van der Waals surface area contributed by atoms with E-state index in [1.807, 2.05) is 4.68 Å². The Morgan fingerprint density at radius 1 is 1.50 bits per heavy atom. The normalized spacial score (nSPS) is 10.6. The van der Waals surface area contributed by atoms with Crippen LogP contribution in [0.1, 0.15) is 25.2 Å². The monoisotopic (exact) mass is 168 g/mol. The van der Waals surface area contributed by atoms with Crippen LogP contribution in [0, 0.1) is 0 Å². The number of aryl methyl sites for hydroxylation is 2. The third-order valence-corrected chi connectivity index (χ3v) is 1.94. The molecule has 1 rings (SSSR count). The maximum atomic E-state index is 8.78. The molecule has 1 heterocycles. The van der Waals surface area contributed by atoms with Crippen LogP contribution in [0.3, 0.4) is 0 Å². The van der Waals surface area contributed by atoms with Gasteiger partial charge in [-0.05, 0) is 19.4 Å². The van der Waals surface area contributed by atoms with Gasteiger partial charge < -0.3 is 5.11 Å². The first-order valence-electron chi connectivity index (χ1n) is 4.48. The van der Waals surface area contributed by atoms with E-state index in [1.165, 1.54) is 0 Å². The van der Waals surface area contributed by atoms with Crippen molar-refractivity contribution in [2.45, 2.75) is 33.2 Å². The van der Waals surface area contributed by atoms with Crippen molar-refractivity contribution in [1.29, 1.82) is 0 Å². The fourth-order valence-electron chi connectivity index (χ4n) is 1.28.